The summed E-state index contributed by atoms with van der Waals surface area (Å²) < 4.78 is 0. The van der Waals surface area contributed by atoms with E-state index in [2.05, 4.69) is 49.2 Å². The fraction of sp³-hybridized carbons (Fsp3) is 0.200. The van der Waals surface area contributed by atoms with Crippen LogP contribution >= 0.6 is 0 Å². The van der Waals surface area contributed by atoms with Crippen molar-refractivity contribution < 1.29 is 0 Å². The minimum absolute atomic E-state index is 1.60. The molecule has 0 atom stereocenters. The van der Waals surface area contributed by atoms with Gasteiger partial charge in [-0.25, -0.2) is 0 Å². The number of rotatable bonds is 0. The van der Waals surface area contributed by atoms with Gasteiger partial charge in [0, 0.05) is 0 Å². The summed E-state index contributed by atoms with van der Waals surface area (Å²) in [5.74, 6) is 5.67. The van der Waals surface area contributed by atoms with Crippen molar-refractivity contribution in [1.29, 1.82) is 0 Å². The van der Waals surface area contributed by atoms with E-state index in [0.717, 1.165) is 0 Å². The molecule has 0 aromatic heterocycles. The second-order valence-corrected chi connectivity index (χ2v) is 6.32. The number of allylic oxidation sites excluding steroid dienone is 2. The van der Waals surface area contributed by atoms with Crippen LogP contribution in [0.3, 0.4) is 0 Å². The molecule has 0 aliphatic rings. The SMILES string of the molecule is C=CC#C[Si](C)(C)C#CC=C. The first-order valence-corrected chi connectivity index (χ1v) is 6.39. The van der Waals surface area contributed by atoms with Gasteiger partial charge in [0.05, 0.1) is 0 Å². The summed E-state index contributed by atoms with van der Waals surface area (Å²) in [5.41, 5.74) is 6.19. The van der Waals surface area contributed by atoms with Gasteiger partial charge in [-0.05, 0) is 25.2 Å². The zero-order chi connectivity index (χ0) is 8.74. The van der Waals surface area contributed by atoms with Gasteiger partial charge in [0.15, 0.2) is 0 Å². The van der Waals surface area contributed by atoms with E-state index in [1.54, 1.807) is 12.2 Å². The summed E-state index contributed by atoms with van der Waals surface area (Å²) >= 11 is 0. The lowest BCUT2D eigenvalue weighted by Gasteiger charge is -2.01. The molecule has 0 amide bonds. The molecule has 0 saturated heterocycles. The van der Waals surface area contributed by atoms with E-state index in [9.17, 15) is 0 Å². The largest absolute Gasteiger partial charge is 0.211 e. The Hall–Kier alpha value is -1.18. The van der Waals surface area contributed by atoms with E-state index in [-0.39, 0.29) is 0 Å². The molecule has 0 aromatic rings. The van der Waals surface area contributed by atoms with Crippen molar-refractivity contribution in [3.8, 4) is 22.9 Å². The Kier molecular flexibility index (Phi) is 4.11. The third-order valence-corrected chi connectivity index (χ3v) is 2.51. The quantitative estimate of drug-likeness (QED) is 0.376. The molecule has 0 rings (SSSR count). The first-order valence-electron chi connectivity index (χ1n) is 3.39. The highest BCUT2D eigenvalue weighted by molar-refractivity contribution is 6.92. The zero-order valence-corrected chi connectivity index (χ0v) is 8.07. The Bertz CT molecular complexity index is 235. The van der Waals surface area contributed by atoms with Crippen LogP contribution in [0.4, 0.5) is 0 Å². The lowest BCUT2D eigenvalue weighted by atomic mass is 10.7. The van der Waals surface area contributed by atoms with Crippen LogP contribution in [0.15, 0.2) is 25.3 Å². The van der Waals surface area contributed by atoms with Crippen molar-refractivity contribution in [1.82, 2.24) is 0 Å². The van der Waals surface area contributed by atoms with E-state index >= 15 is 0 Å². The number of hydrogen-bond acceptors (Lipinski definition) is 0. The average molecular weight is 160 g/mol. The van der Waals surface area contributed by atoms with Gasteiger partial charge in [-0.1, -0.05) is 25.0 Å². The van der Waals surface area contributed by atoms with Crippen molar-refractivity contribution in [3.63, 3.8) is 0 Å². The molecule has 0 heterocycles. The molecule has 0 radical (unpaired) electrons. The topological polar surface area (TPSA) is 0 Å². The van der Waals surface area contributed by atoms with Crippen LogP contribution < -0.4 is 0 Å². The molecule has 0 spiro atoms. The maximum absolute atomic E-state index is 3.52. The highest BCUT2D eigenvalue weighted by Crippen LogP contribution is 1.96. The highest BCUT2D eigenvalue weighted by Gasteiger charge is 2.12. The van der Waals surface area contributed by atoms with Crippen LogP contribution in [0.5, 0.6) is 0 Å². The highest BCUT2D eigenvalue weighted by atomic mass is 28.3. The molecule has 0 fully saturated rings. The van der Waals surface area contributed by atoms with Crippen molar-refractivity contribution in [2.24, 2.45) is 0 Å². The van der Waals surface area contributed by atoms with Gasteiger partial charge in [0.2, 0.25) is 8.07 Å². The normalized spacial score (nSPS) is 8.18. The predicted molar refractivity (Wildman–Crippen MR) is 53.4 cm³/mol. The van der Waals surface area contributed by atoms with E-state index in [1.165, 1.54) is 0 Å². The predicted octanol–water partition coefficient (Wildman–Crippen LogP) is 2.15. The minimum atomic E-state index is -1.61. The minimum Gasteiger partial charge on any atom is -0.111 e. The third-order valence-electron chi connectivity index (χ3n) is 0.973. The van der Waals surface area contributed by atoms with Crippen LogP contribution in [-0.4, -0.2) is 8.07 Å². The second kappa shape index (κ2) is 4.60. The maximum atomic E-state index is 3.52. The fourth-order valence-electron chi connectivity index (χ4n) is 0.494. The maximum Gasteiger partial charge on any atom is 0.211 e. The van der Waals surface area contributed by atoms with Crippen LogP contribution in [0, 0.1) is 22.9 Å². The summed E-state index contributed by atoms with van der Waals surface area (Å²) in [4.78, 5) is 0. The molecule has 0 nitrogen and oxygen atoms in total. The van der Waals surface area contributed by atoms with Gasteiger partial charge in [0.1, 0.15) is 0 Å². The van der Waals surface area contributed by atoms with Gasteiger partial charge >= 0.3 is 0 Å². The standard InChI is InChI=1S/C10H12Si/c1-5-7-9-11(3,4)10-8-6-2/h5-6H,1-2H2,3-4H3. The van der Waals surface area contributed by atoms with Crippen molar-refractivity contribution >= 4 is 8.07 Å². The molecule has 11 heavy (non-hydrogen) atoms. The molecule has 0 N–H and O–H groups in total. The van der Waals surface area contributed by atoms with Gasteiger partial charge in [-0.15, -0.1) is 11.1 Å². The Balaban J connectivity index is 4.45. The molecule has 56 valence electrons. The molecule has 0 unspecified atom stereocenters. The molecular formula is C10H12Si. The lowest BCUT2D eigenvalue weighted by molar-refractivity contribution is 1.93. The average Bonchev–Trinajstić information content (AvgIpc) is 1.97. The van der Waals surface area contributed by atoms with Crippen molar-refractivity contribution in [3.05, 3.63) is 25.3 Å². The summed E-state index contributed by atoms with van der Waals surface area (Å²) in [6.07, 6.45) is 3.20. The summed E-state index contributed by atoms with van der Waals surface area (Å²) in [6.45, 7) is 11.2. The van der Waals surface area contributed by atoms with E-state index in [1.807, 2.05) is 0 Å². The van der Waals surface area contributed by atoms with Gasteiger partial charge < -0.3 is 0 Å². The fourth-order valence-corrected chi connectivity index (χ4v) is 1.48. The third kappa shape index (κ3) is 5.27. The van der Waals surface area contributed by atoms with Crippen LogP contribution in [0.1, 0.15) is 0 Å². The molecular weight excluding hydrogens is 148 g/mol. The summed E-state index contributed by atoms with van der Waals surface area (Å²) in [7, 11) is -1.61. The van der Waals surface area contributed by atoms with Gasteiger partial charge in [-0.2, -0.15) is 0 Å². The second-order valence-electron chi connectivity index (χ2n) is 2.57. The molecule has 0 saturated carbocycles. The Morgan fingerprint density at radius 2 is 1.36 bits per heavy atom. The van der Waals surface area contributed by atoms with E-state index in [4.69, 9.17) is 0 Å². The summed E-state index contributed by atoms with van der Waals surface area (Å²) in [5, 5.41) is 0. The Morgan fingerprint density at radius 3 is 1.64 bits per heavy atom. The first-order chi connectivity index (χ1) is 5.12. The van der Waals surface area contributed by atoms with Crippen LogP contribution in [-0.2, 0) is 0 Å². The molecule has 0 aliphatic carbocycles. The smallest absolute Gasteiger partial charge is 0.111 e. The molecule has 0 bridgehead atoms. The van der Waals surface area contributed by atoms with Crippen LogP contribution in [0.25, 0.3) is 0 Å². The molecule has 0 aliphatic heterocycles. The monoisotopic (exact) mass is 160 g/mol. The van der Waals surface area contributed by atoms with Gasteiger partial charge in [0.25, 0.3) is 0 Å². The van der Waals surface area contributed by atoms with Crippen molar-refractivity contribution in [2.45, 2.75) is 13.1 Å². The van der Waals surface area contributed by atoms with E-state index < -0.39 is 8.07 Å². The van der Waals surface area contributed by atoms with Gasteiger partial charge in [-0.3, -0.25) is 0 Å². The van der Waals surface area contributed by atoms with Crippen molar-refractivity contribution in [2.75, 3.05) is 0 Å². The molecule has 1 heteroatoms. The molecule has 0 aromatic carbocycles. The lowest BCUT2D eigenvalue weighted by Crippen LogP contribution is -2.20. The zero-order valence-electron chi connectivity index (χ0n) is 7.07. The van der Waals surface area contributed by atoms with Crippen LogP contribution in [0.2, 0.25) is 13.1 Å². The Labute approximate surface area is 70.0 Å². The number of hydrogen-bond donors (Lipinski definition) is 0. The Morgan fingerprint density at radius 1 is 1.00 bits per heavy atom. The first kappa shape index (κ1) is 9.82. The van der Waals surface area contributed by atoms with E-state index in [0.29, 0.717) is 0 Å². The summed E-state index contributed by atoms with van der Waals surface area (Å²) in [6, 6.07) is 0.